The summed E-state index contributed by atoms with van der Waals surface area (Å²) < 4.78 is 5.77. The topological polar surface area (TPSA) is 81.5 Å². The van der Waals surface area contributed by atoms with Gasteiger partial charge < -0.3 is 19.9 Å². The number of nitriles is 1. The number of carbonyl (C=O) groups is 1. The Bertz CT molecular complexity index is 1350. The molecule has 2 aromatic carbocycles. The number of benzene rings is 2. The molecule has 198 valence electrons. The SMILES string of the molecule is CC(C)Oc1ccc(-c2ncc(-c3cccc4c3CCC4NC(=O)N3CCC(N(C)C)CC3)s2)cc1C#N. The van der Waals surface area contributed by atoms with E-state index in [-0.39, 0.29) is 18.2 Å². The highest BCUT2D eigenvalue weighted by Gasteiger charge is 2.30. The molecule has 0 bridgehead atoms. The molecule has 1 aliphatic carbocycles. The van der Waals surface area contributed by atoms with Crippen molar-refractivity contribution in [3.63, 3.8) is 0 Å². The Morgan fingerprint density at radius 3 is 2.71 bits per heavy atom. The van der Waals surface area contributed by atoms with E-state index in [4.69, 9.17) is 4.74 Å². The molecule has 2 heterocycles. The van der Waals surface area contributed by atoms with Crippen molar-refractivity contribution in [2.24, 2.45) is 0 Å². The minimum Gasteiger partial charge on any atom is -0.490 e. The lowest BCUT2D eigenvalue weighted by Gasteiger charge is -2.35. The number of nitrogens with one attached hydrogen (secondary N) is 1. The van der Waals surface area contributed by atoms with Crippen molar-refractivity contribution in [3.8, 4) is 32.8 Å². The number of thiazole rings is 1. The molecule has 0 spiro atoms. The van der Waals surface area contributed by atoms with E-state index in [0.29, 0.717) is 17.4 Å². The van der Waals surface area contributed by atoms with Crippen LogP contribution in [-0.2, 0) is 6.42 Å². The van der Waals surface area contributed by atoms with Crippen LogP contribution in [-0.4, -0.2) is 60.1 Å². The van der Waals surface area contributed by atoms with Crippen molar-refractivity contribution in [3.05, 3.63) is 59.3 Å². The second-order valence-corrected chi connectivity index (χ2v) is 11.6. The van der Waals surface area contributed by atoms with Gasteiger partial charge in [-0.05, 0) is 88.5 Å². The molecule has 0 radical (unpaired) electrons. The fourth-order valence-electron chi connectivity index (χ4n) is 5.50. The lowest BCUT2D eigenvalue weighted by Crippen LogP contribution is -2.48. The molecule has 1 fully saturated rings. The summed E-state index contributed by atoms with van der Waals surface area (Å²) in [5.74, 6) is 0.596. The Hall–Kier alpha value is -3.41. The average Bonchev–Trinajstić information content (AvgIpc) is 3.56. The van der Waals surface area contributed by atoms with Crippen molar-refractivity contribution in [1.82, 2.24) is 20.1 Å². The van der Waals surface area contributed by atoms with Gasteiger partial charge in [-0.25, -0.2) is 9.78 Å². The van der Waals surface area contributed by atoms with Gasteiger partial charge in [0.15, 0.2) is 0 Å². The van der Waals surface area contributed by atoms with E-state index in [1.165, 1.54) is 16.7 Å². The number of aromatic nitrogens is 1. The van der Waals surface area contributed by atoms with E-state index in [2.05, 4.69) is 53.6 Å². The van der Waals surface area contributed by atoms with Crippen LogP contribution in [0.3, 0.4) is 0 Å². The Morgan fingerprint density at radius 1 is 1.21 bits per heavy atom. The number of hydrogen-bond donors (Lipinski definition) is 1. The molecule has 3 aromatic rings. The van der Waals surface area contributed by atoms with Crippen LogP contribution in [0.4, 0.5) is 4.79 Å². The maximum absolute atomic E-state index is 13.1. The number of hydrogen-bond acceptors (Lipinski definition) is 6. The third kappa shape index (κ3) is 5.40. The van der Waals surface area contributed by atoms with Crippen LogP contribution in [0.25, 0.3) is 21.0 Å². The van der Waals surface area contributed by atoms with Gasteiger partial charge in [0.25, 0.3) is 0 Å². The zero-order valence-electron chi connectivity index (χ0n) is 22.5. The second-order valence-electron chi connectivity index (χ2n) is 10.6. The van der Waals surface area contributed by atoms with Gasteiger partial charge in [-0.15, -0.1) is 11.3 Å². The van der Waals surface area contributed by atoms with E-state index >= 15 is 0 Å². The van der Waals surface area contributed by atoms with Crippen molar-refractivity contribution < 1.29 is 9.53 Å². The zero-order valence-corrected chi connectivity index (χ0v) is 23.3. The molecular weight excluding hydrogens is 494 g/mol. The van der Waals surface area contributed by atoms with Crippen molar-refractivity contribution in [1.29, 1.82) is 5.26 Å². The summed E-state index contributed by atoms with van der Waals surface area (Å²) in [7, 11) is 4.23. The number of nitrogens with zero attached hydrogens (tertiary/aromatic N) is 4. The quantitative estimate of drug-likeness (QED) is 0.433. The third-order valence-electron chi connectivity index (χ3n) is 7.53. The Kier molecular flexibility index (Phi) is 7.68. The van der Waals surface area contributed by atoms with E-state index in [0.717, 1.165) is 54.2 Å². The van der Waals surface area contributed by atoms with E-state index in [1.807, 2.05) is 43.1 Å². The molecule has 7 nitrogen and oxygen atoms in total. The van der Waals surface area contributed by atoms with Crippen LogP contribution in [0.2, 0.25) is 0 Å². The third-order valence-corrected chi connectivity index (χ3v) is 8.61. The summed E-state index contributed by atoms with van der Waals surface area (Å²) in [6.45, 7) is 5.50. The average molecular weight is 530 g/mol. The maximum Gasteiger partial charge on any atom is 0.317 e. The summed E-state index contributed by atoms with van der Waals surface area (Å²) in [6.07, 6.45) is 5.78. The van der Waals surface area contributed by atoms with E-state index in [9.17, 15) is 10.1 Å². The van der Waals surface area contributed by atoms with Crippen molar-refractivity contribution >= 4 is 17.4 Å². The predicted molar refractivity (Wildman–Crippen MR) is 151 cm³/mol. The molecule has 2 amide bonds. The highest BCUT2D eigenvalue weighted by Crippen LogP contribution is 2.41. The Morgan fingerprint density at radius 2 is 2.00 bits per heavy atom. The number of urea groups is 1. The molecule has 1 aromatic heterocycles. The fraction of sp³-hybridized carbons (Fsp3) is 0.433. The van der Waals surface area contributed by atoms with Gasteiger partial charge in [-0.2, -0.15) is 5.26 Å². The monoisotopic (exact) mass is 529 g/mol. The molecule has 1 unspecified atom stereocenters. The summed E-state index contributed by atoms with van der Waals surface area (Å²) in [4.78, 5) is 23.1. The van der Waals surface area contributed by atoms with Gasteiger partial charge >= 0.3 is 6.03 Å². The number of likely N-dealkylation sites (tertiary alicyclic amines) is 1. The van der Waals surface area contributed by atoms with Gasteiger partial charge in [0.1, 0.15) is 16.8 Å². The number of rotatable bonds is 6. The van der Waals surface area contributed by atoms with Crippen LogP contribution in [0.15, 0.2) is 42.6 Å². The van der Waals surface area contributed by atoms with Crippen LogP contribution < -0.4 is 10.1 Å². The zero-order chi connectivity index (χ0) is 26.8. The standard InChI is InChI=1S/C30H35N5O2S/c1-19(2)37-27-11-8-20(16-21(27)17-31)29-32-18-28(38-29)25-7-5-6-24-23(25)9-10-26(24)33-30(36)35-14-12-22(13-15-35)34(3)4/h5-8,11,16,18-19,22,26H,9-10,12-15H2,1-4H3,(H,33,36). The molecule has 1 saturated heterocycles. The number of carbonyl (C=O) groups excluding carboxylic acids is 1. The van der Waals surface area contributed by atoms with E-state index < -0.39 is 0 Å². The first-order chi connectivity index (χ1) is 18.3. The molecule has 1 atom stereocenters. The summed E-state index contributed by atoms with van der Waals surface area (Å²) >= 11 is 1.62. The number of ether oxygens (including phenoxy) is 1. The number of piperidine rings is 1. The molecule has 1 aliphatic heterocycles. The van der Waals surface area contributed by atoms with Crippen molar-refractivity contribution in [2.45, 2.75) is 57.7 Å². The molecule has 38 heavy (non-hydrogen) atoms. The highest BCUT2D eigenvalue weighted by atomic mass is 32.1. The number of amides is 2. The highest BCUT2D eigenvalue weighted by molar-refractivity contribution is 7.18. The van der Waals surface area contributed by atoms with Crippen LogP contribution in [0.1, 0.15) is 55.8 Å². The largest absolute Gasteiger partial charge is 0.490 e. The van der Waals surface area contributed by atoms with Gasteiger partial charge in [-0.1, -0.05) is 18.2 Å². The van der Waals surface area contributed by atoms with Gasteiger partial charge in [0.05, 0.1) is 22.6 Å². The molecule has 5 rings (SSSR count). The summed E-state index contributed by atoms with van der Waals surface area (Å²) in [5.41, 5.74) is 5.09. The molecule has 2 aliphatic rings. The molecule has 8 heteroatoms. The minimum atomic E-state index is 0.00323. The molecular formula is C30H35N5O2S. The normalized spacial score (nSPS) is 17.5. The predicted octanol–water partition coefficient (Wildman–Crippen LogP) is 5.86. The smallest absolute Gasteiger partial charge is 0.317 e. The minimum absolute atomic E-state index is 0.00323. The molecule has 1 N–H and O–H groups in total. The lowest BCUT2D eigenvalue weighted by molar-refractivity contribution is 0.146. The van der Waals surface area contributed by atoms with Crippen LogP contribution in [0.5, 0.6) is 5.75 Å². The van der Waals surface area contributed by atoms with Gasteiger partial charge in [-0.3, -0.25) is 0 Å². The first-order valence-electron chi connectivity index (χ1n) is 13.3. The first-order valence-corrected chi connectivity index (χ1v) is 14.2. The summed E-state index contributed by atoms with van der Waals surface area (Å²) in [6, 6.07) is 14.9. The van der Waals surface area contributed by atoms with Crippen molar-refractivity contribution in [2.75, 3.05) is 27.2 Å². The molecule has 0 saturated carbocycles. The Labute approximate surface area is 229 Å². The van der Waals surface area contributed by atoms with Crippen LogP contribution in [0, 0.1) is 11.3 Å². The van der Waals surface area contributed by atoms with Gasteiger partial charge in [0.2, 0.25) is 0 Å². The Balaban J connectivity index is 1.31. The second kappa shape index (κ2) is 11.1. The lowest BCUT2D eigenvalue weighted by atomic mass is 10.0. The fourth-order valence-corrected chi connectivity index (χ4v) is 6.47. The first kappa shape index (κ1) is 26.2. The van der Waals surface area contributed by atoms with Crippen LogP contribution >= 0.6 is 11.3 Å². The summed E-state index contributed by atoms with van der Waals surface area (Å²) in [5, 5.41) is 13.8. The maximum atomic E-state index is 13.1. The van der Waals surface area contributed by atoms with E-state index in [1.54, 1.807) is 11.3 Å². The van der Waals surface area contributed by atoms with Gasteiger partial charge in [0, 0.05) is 30.9 Å². The number of fused-ring (bicyclic) bond motifs is 1.